The number of nitrogens with two attached hydrogens (primary N) is 1. The van der Waals surface area contributed by atoms with Crippen molar-refractivity contribution in [2.75, 3.05) is 17.3 Å². The van der Waals surface area contributed by atoms with Gasteiger partial charge in [-0.05, 0) is 24.7 Å². The van der Waals surface area contributed by atoms with Crippen molar-refractivity contribution in [3.8, 4) is 0 Å². The van der Waals surface area contributed by atoms with Gasteiger partial charge in [-0.2, -0.15) is 0 Å². The van der Waals surface area contributed by atoms with Gasteiger partial charge in [-0.25, -0.2) is 15.8 Å². The average molecular weight is 279 g/mol. The lowest BCUT2D eigenvalue weighted by Crippen LogP contribution is -2.35. The minimum absolute atomic E-state index is 0.0315. The molecule has 0 radical (unpaired) electrons. The molecule has 6 heteroatoms. The lowest BCUT2D eigenvalue weighted by Gasteiger charge is -2.31. The fraction of sp³-hybridized carbons (Fsp3) is 0.714. The molecule has 0 bridgehead atoms. The molecule has 5 N–H and O–H groups in total. The second kappa shape index (κ2) is 5.93. The maximum Gasteiger partial charge on any atom is 0.145 e. The Morgan fingerprint density at radius 1 is 1.35 bits per heavy atom. The molecule has 0 aromatic carbocycles. The molecule has 1 aromatic rings. The number of aliphatic hydroxyl groups is 1. The van der Waals surface area contributed by atoms with Gasteiger partial charge in [0.05, 0.1) is 0 Å². The van der Waals surface area contributed by atoms with Gasteiger partial charge in [-0.15, -0.1) is 0 Å². The molecule has 0 amide bonds. The summed E-state index contributed by atoms with van der Waals surface area (Å²) in [5.41, 5.74) is 2.63. The summed E-state index contributed by atoms with van der Waals surface area (Å²) in [6.07, 6.45) is 2.97. The molecule has 0 saturated heterocycles. The third-order valence-corrected chi connectivity index (χ3v) is 3.62. The van der Waals surface area contributed by atoms with E-state index in [1.807, 2.05) is 6.07 Å². The van der Waals surface area contributed by atoms with Crippen LogP contribution in [0.1, 0.15) is 51.8 Å². The summed E-state index contributed by atoms with van der Waals surface area (Å²) in [4.78, 5) is 8.97. The summed E-state index contributed by atoms with van der Waals surface area (Å²) < 4.78 is 0. The van der Waals surface area contributed by atoms with Crippen LogP contribution in [0.3, 0.4) is 0 Å². The molecule has 0 aliphatic heterocycles. The number of rotatable bonds is 6. The van der Waals surface area contributed by atoms with E-state index >= 15 is 0 Å². The van der Waals surface area contributed by atoms with Crippen LogP contribution in [-0.4, -0.2) is 27.7 Å². The first-order chi connectivity index (χ1) is 9.44. The quantitative estimate of drug-likeness (QED) is 0.469. The molecular weight excluding hydrogens is 254 g/mol. The summed E-state index contributed by atoms with van der Waals surface area (Å²) in [7, 11) is 0. The smallest absolute Gasteiger partial charge is 0.145 e. The van der Waals surface area contributed by atoms with E-state index in [4.69, 9.17) is 5.84 Å². The zero-order valence-corrected chi connectivity index (χ0v) is 12.5. The molecule has 1 aliphatic carbocycles. The van der Waals surface area contributed by atoms with Crippen LogP contribution in [0.2, 0.25) is 0 Å². The van der Waals surface area contributed by atoms with Crippen molar-refractivity contribution < 1.29 is 5.11 Å². The Balaban J connectivity index is 2.19. The SMILES string of the molecule is CC(C)(C)C(CCO)Nc1cc(NN)nc(C2CC2)n1. The molecule has 1 atom stereocenters. The summed E-state index contributed by atoms with van der Waals surface area (Å²) >= 11 is 0. The number of anilines is 2. The zero-order valence-electron chi connectivity index (χ0n) is 12.5. The van der Waals surface area contributed by atoms with E-state index in [1.165, 1.54) is 0 Å². The van der Waals surface area contributed by atoms with E-state index in [0.29, 0.717) is 18.2 Å². The normalized spacial score (nSPS) is 16.9. The van der Waals surface area contributed by atoms with E-state index < -0.39 is 0 Å². The van der Waals surface area contributed by atoms with Crippen LogP contribution in [-0.2, 0) is 0 Å². The van der Waals surface area contributed by atoms with Gasteiger partial charge in [0.25, 0.3) is 0 Å². The molecule has 1 aromatic heterocycles. The van der Waals surface area contributed by atoms with Gasteiger partial charge in [-0.3, -0.25) is 0 Å². The van der Waals surface area contributed by atoms with Crippen molar-refractivity contribution in [2.24, 2.45) is 11.3 Å². The van der Waals surface area contributed by atoms with Crippen LogP contribution in [0.4, 0.5) is 11.6 Å². The number of hydrogen-bond donors (Lipinski definition) is 4. The standard InChI is InChI=1S/C14H25N5O/c1-14(2,3)10(6-7-20)16-11-8-12(19-15)18-13(17-11)9-4-5-9/h8-10,20H,4-7,15H2,1-3H3,(H2,16,17,18,19). The molecule has 1 aliphatic rings. The van der Waals surface area contributed by atoms with Gasteiger partial charge in [0, 0.05) is 24.6 Å². The number of hydrazine groups is 1. The topological polar surface area (TPSA) is 96.1 Å². The second-order valence-electron chi connectivity index (χ2n) is 6.49. The van der Waals surface area contributed by atoms with E-state index in [-0.39, 0.29) is 18.1 Å². The number of nitrogens with zero attached hydrogens (tertiary/aromatic N) is 2. The molecule has 6 nitrogen and oxygen atoms in total. The third-order valence-electron chi connectivity index (χ3n) is 3.62. The molecule has 1 fully saturated rings. The number of hydrogen-bond acceptors (Lipinski definition) is 6. The van der Waals surface area contributed by atoms with Crippen LogP contribution in [0.25, 0.3) is 0 Å². The van der Waals surface area contributed by atoms with Gasteiger partial charge in [-0.1, -0.05) is 20.8 Å². The highest BCUT2D eigenvalue weighted by Crippen LogP contribution is 2.39. The summed E-state index contributed by atoms with van der Waals surface area (Å²) in [6, 6.07) is 1.95. The van der Waals surface area contributed by atoms with Crippen LogP contribution in [0.15, 0.2) is 6.07 Å². The number of nitrogen functional groups attached to an aromatic ring is 1. The Labute approximate surface area is 120 Å². The highest BCUT2D eigenvalue weighted by Gasteiger charge is 2.29. The lowest BCUT2D eigenvalue weighted by molar-refractivity contribution is 0.235. The highest BCUT2D eigenvalue weighted by molar-refractivity contribution is 5.48. The van der Waals surface area contributed by atoms with Crippen molar-refractivity contribution in [3.05, 3.63) is 11.9 Å². The first-order valence-corrected chi connectivity index (χ1v) is 7.17. The minimum atomic E-state index is 0.0315. The van der Waals surface area contributed by atoms with Crippen molar-refractivity contribution in [1.29, 1.82) is 0 Å². The van der Waals surface area contributed by atoms with Crippen LogP contribution in [0, 0.1) is 5.41 Å². The van der Waals surface area contributed by atoms with Crippen LogP contribution < -0.4 is 16.6 Å². The van der Waals surface area contributed by atoms with E-state index in [1.54, 1.807) is 0 Å². The van der Waals surface area contributed by atoms with Crippen LogP contribution in [0.5, 0.6) is 0 Å². The summed E-state index contributed by atoms with van der Waals surface area (Å²) in [5.74, 6) is 8.18. The van der Waals surface area contributed by atoms with Crippen molar-refractivity contribution >= 4 is 11.6 Å². The van der Waals surface area contributed by atoms with Crippen molar-refractivity contribution in [3.63, 3.8) is 0 Å². The van der Waals surface area contributed by atoms with Crippen molar-refractivity contribution in [2.45, 2.75) is 52.0 Å². The van der Waals surface area contributed by atoms with Crippen molar-refractivity contribution in [1.82, 2.24) is 9.97 Å². The Hall–Kier alpha value is -1.40. The lowest BCUT2D eigenvalue weighted by atomic mass is 9.85. The number of nitrogens with one attached hydrogen (secondary N) is 2. The molecule has 0 spiro atoms. The van der Waals surface area contributed by atoms with Gasteiger partial charge in [0.1, 0.15) is 17.5 Å². The third kappa shape index (κ3) is 3.80. The molecule has 2 rings (SSSR count). The largest absolute Gasteiger partial charge is 0.396 e. The van der Waals surface area contributed by atoms with Gasteiger partial charge < -0.3 is 15.8 Å². The highest BCUT2D eigenvalue weighted by atomic mass is 16.3. The zero-order chi connectivity index (χ0) is 14.8. The first kappa shape index (κ1) is 15.0. The summed E-state index contributed by atoms with van der Waals surface area (Å²) in [5, 5.41) is 12.6. The van der Waals surface area contributed by atoms with Gasteiger partial charge in [0.15, 0.2) is 0 Å². The Morgan fingerprint density at radius 3 is 2.50 bits per heavy atom. The predicted molar refractivity (Wildman–Crippen MR) is 80.4 cm³/mol. The average Bonchev–Trinajstić information content (AvgIpc) is 3.21. The van der Waals surface area contributed by atoms with Gasteiger partial charge in [0.2, 0.25) is 0 Å². The Kier molecular flexibility index (Phi) is 4.45. The number of aromatic nitrogens is 2. The molecular formula is C14H25N5O. The van der Waals surface area contributed by atoms with E-state index in [0.717, 1.165) is 24.5 Å². The second-order valence-corrected chi connectivity index (χ2v) is 6.49. The maximum absolute atomic E-state index is 9.23. The van der Waals surface area contributed by atoms with E-state index in [9.17, 15) is 5.11 Å². The predicted octanol–water partition coefficient (Wildman–Crippen LogP) is 1.85. The fourth-order valence-electron chi connectivity index (χ4n) is 2.17. The maximum atomic E-state index is 9.23. The fourth-order valence-corrected chi connectivity index (χ4v) is 2.17. The molecule has 1 heterocycles. The Morgan fingerprint density at radius 2 is 2.00 bits per heavy atom. The minimum Gasteiger partial charge on any atom is -0.396 e. The van der Waals surface area contributed by atoms with Gasteiger partial charge >= 0.3 is 0 Å². The molecule has 1 unspecified atom stereocenters. The molecule has 20 heavy (non-hydrogen) atoms. The van der Waals surface area contributed by atoms with Crippen LogP contribution >= 0.6 is 0 Å². The number of aliphatic hydroxyl groups excluding tert-OH is 1. The Bertz CT molecular complexity index is 453. The summed E-state index contributed by atoms with van der Waals surface area (Å²) in [6.45, 7) is 6.58. The molecule has 112 valence electrons. The monoisotopic (exact) mass is 279 g/mol. The molecule has 1 saturated carbocycles. The van der Waals surface area contributed by atoms with E-state index in [2.05, 4.69) is 41.5 Å². The first-order valence-electron chi connectivity index (χ1n) is 7.17.